The van der Waals surface area contributed by atoms with Crippen molar-refractivity contribution in [2.45, 2.75) is 58.3 Å². The summed E-state index contributed by atoms with van der Waals surface area (Å²) in [6, 6.07) is 5.08. The summed E-state index contributed by atoms with van der Waals surface area (Å²) in [6.07, 6.45) is 3.49. The van der Waals surface area contributed by atoms with Crippen molar-refractivity contribution < 1.29 is 20.1 Å². The highest BCUT2D eigenvalue weighted by atomic mass is 16.5. The maximum absolute atomic E-state index is 9.72. The van der Waals surface area contributed by atoms with E-state index in [1.165, 1.54) is 19.3 Å². The summed E-state index contributed by atoms with van der Waals surface area (Å²) >= 11 is 0. The van der Waals surface area contributed by atoms with Crippen LogP contribution >= 0.6 is 0 Å². The van der Waals surface area contributed by atoms with E-state index in [1.54, 1.807) is 32.0 Å². The highest BCUT2D eigenvalue weighted by molar-refractivity contribution is 5.75. The molecule has 0 saturated carbocycles. The zero-order valence-electron chi connectivity index (χ0n) is 15.0. The van der Waals surface area contributed by atoms with Crippen LogP contribution in [0.15, 0.2) is 18.2 Å². The molecular weight excluding hydrogens is 308 g/mol. The average Bonchev–Trinajstić information content (AvgIpc) is 2.48. The van der Waals surface area contributed by atoms with Crippen LogP contribution in [0.5, 0.6) is 5.75 Å². The molecule has 1 aliphatic rings. The number of phenolic OH excluding ortho intramolecular Hbond substituents is 1. The van der Waals surface area contributed by atoms with Crippen LogP contribution in [0.25, 0.3) is 0 Å². The summed E-state index contributed by atoms with van der Waals surface area (Å²) in [5.41, 5.74) is 1.24. The molecule has 6 nitrogen and oxygen atoms in total. The Balaban J connectivity index is 0.000000341. The lowest BCUT2D eigenvalue weighted by Crippen LogP contribution is -2.25. The molecule has 2 rings (SSSR count). The standard InChI is InChI=1S/C12H20N2O3.C6H12O/c1-8(15)6-13-10-4-3-5-11(17)12(10)14-7-9(2)16;1-2-3-6-4-5-7-6/h3-5,8-9,13-17H,6-7H2,1-2H3;6H,2-5H2,1H3. The van der Waals surface area contributed by atoms with Crippen molar-refractivity contribution in [1.82, 2.24) is 0 Å². The van der Waals surface area contributed by atoms with E-state index >= 15 is 0 Å². The molecule has 1 aromatic rings. The fraction of sp³-hybridized carbons (Fsp3) is 0.667. The van der Waals surface area contributed by atoms with Gasteiger partial charge in [-0.1, -0.05) is 19.4 Å². The largest absolute Gasteiger partial charge is 0.506 e. The van der Waals surface area contributed by atoms with E-state index in [-0.39, 0.29) is 5.75 Å². The highest BCUT2D eigenvalue weighted by Gasteiger charge is 2.15. The quantitative estimate of drug-likeness (QED) is 0.467. The lowest BCUT2D eigenvalue weighted by molar-refractivity contribution is -0.0546. The fourth-order valence-corrected chi connectivity index (χ4v) is 2.21. The molecule has 0 radical (unpaired) electrons. The molecule has 3 unspecified atom stereocenters. The number of aromatic hydroxyl groups is 1. The Labute approximate surface area is 144 Å². The Morgan fingerprint density at radius 3 is 2.25 bits per heavy atom. The van der Waals surface area contributed by atoms with Crippen LogP contribution in [0.4, 0.5) is 11.4 Å². The zero-order chi connectivity index (χ0) is 17.9. The van der Waals surface area contributed by atoms with Crippen LogP contribution in [0.1, 0.15) is 40.0 Å². The molecule has 6 heteroatoms. The van der Waals surface area contributed by atoms with Crippen molar-refractivity contribution in [3.63, 3.8) is 0 Å². The molecular formula is C18H32N2O4. The van der Waals surface area contributed by atoms with Gasteiger partial charge in [0.1, 0.15) is 11.4 Å². The topological polar surface area (TPSA) is 94.0 Å². The Hall–Kier alpha value is -1.50. The molecule has 138 valence electrons. The number of anilines is 2. The van der Waals surface area contributed by atoms with Crippen molar-refractivity contribution in [2.24, 2.45) is 0 Å². The molecule has 3 atom stereocenters. The zero-order valence-corrected chi connectivity index (χ0v) is 15.0. The molecule has 24 heavy (non-hydrogen) atoms. The predicted octanol–water partition coefficient (Wildman–Crippen LogP) is 2.55. The van der Waals surface area contributed by atoms with Crippen LogP contribution in [0.2, 0.25) is 0 Å². The number of hydrogen-bond acceptors (Lipinski definition) is 6. The SMILES string of the molecule is CC(O)CNc1cccc(O)c1NCC(C)O.CCCC1CCO1. The minimum Gasteiger partial charge on any atom is -0.506 e. The van der Waals surface area contributed by atoms with Gasteiger partial charge in [0.15, 0.2) is 0 Å². The molecule has 1 saturated heterocycles. The number of phenols is 1. The lowest BCUT2D eigenvalue weighted by atomic mass is 10.1. The summed E-state index contributed by atoms with van der Waals surface area (Å²) in [6.45, 7) is 7.29. The Morgan fingerprint density at radius 1 is 1.17 bits per heavy atom. The third-order valence-corrected chi connectivity index (χ3v) is 3.61. The van der Waals surface area contributed by atoms with E-state index in [2.05, 4.69) is 17.6 Å². The second-order valence-corrected chi connectivity index (χ2v) is 6.23. The first kappa shape index (κ1) is 20.5. The number of para-hydroxylation sites is 1. The summed E-state index contributed by atoms with van der Waals surface area (Å²) in [5.74, 6) is 0.112. The number of ether oxygens (including phenoxy) is 1. The summed E-state index contributed by atoms with van der Waals surface area (Å²) in [5, 5.41) is 34.1. The van der Waals surface area contributed by atoms with Gasteiger partial charge in [-0.15, -0.1) is 0 Å². The summed E-state index contributed by atoms with van der Waals surface area (Å²) < 4.78 is 5.17. The second kappa shape index (κ2) is 11.1. The van der Waals surface area contributed by atoms with Crippen LogP contribution in [-0.4, -0.2) is 53.3 Å². The number of aliphatic hydroxyl groups is 2. The lowest BCUT2D eigenvalue weighted by Gasteiger charge is -2.25. The molecule has 5 N–H and O–H groups in total. The summed E-state index contributed by atoms with van der Waals surface area (Å²) in [7, 11) is 0. The Morgan fingerprint density at radius 2 is 1.79 bits per heavy atom. The second-order valence-electron chi connectivity index (χ2n) is 6.23. The third kappa shape index (κ3) is 7.86. The summed E-state index contributed by atoms with van der Waals surface area (Å²) in [4.78, 5) is 0. The first-order chi connectivity index (χ1) is 11.4. The van der Waals surface area contributed by atoms with E-state index in [1.807, 2.05) is 0 Å². The Kier molecular flexibility index (Phi) is 9.52. The maximum Gasteiger partial charge on any atom is 0.140 e. The van der Waals surface area contributed by atoms with Gasteiger partial charge in [-0.05, 0) is 38.8 Å². The maximum atomic E-state index is 9.72. The first-order valence-electron chi connectivity index (χ1n) is 8.71. The van der Waals surface area contributed by atoms with E-state index in [0.29, 0.717) is 30.6 Å². The number of aliphatic hydroxyl groups excluding tert-OH is 2. The fourth-order valence-electron chi connectivity index (χ4n) is 2.21. The van der Waals surface area contributed by atoms with E-state index < -0.39 is 12.2 Å². The van der Waals surface area contributed by atoms with Gasteiger partial charge < -0.3 is 30.7 Å². The molecule has 1 aromatic carbocycles. The normalized spacial score (nSPS) is 18.6. The number of rotatable bonds is 8. The molecule has 1 aliphatic heterocycles. The van der Waals surface area contributed by atoms with Gasteiger partial charge in [0.2, 0.25) is 0 Å². The van der Waals surface area contributed by atoms with E-state index in [4.69, 9.17) is 4.74 Å². The van der Waals surface area contributed by atoms with Crippen LogP contribution < -0.4 is 10.6 Å². The van der Waals surface area contributed by atoms with Gasteiger partial charge in [-0.3, -0.25) is 0 Å². The minimum absolute atomic E-state index is 0.112. The van der Waals surface area contributed by atoms with Gasteiger partial charge in [0.05, 0.1) is 24.0 Å². The van der Waals surface area contributed by atoms with Crippen molar-refractivity contribution in [3.05, 3.63) is 18.2 Å². The molecule has 0 aliphatic carbocycles. The van der Waals surface area contributed by atoms with Gasteiger partial charge in [0.25, 0.3) is 0 Å². The monoisotopic (exact) mass is 340 g/mol. The molecule has 0 aromatic heterocycles. The number of benzene rings is 1. The van der Waals surface area contributed by atoms with Crippen molar-refractivity contribution in [2.75, 3.05) is 30.3 Å². The first-order valence-corrected chi connectivity index (χ1v) is 8.71. The predicted molar refractivity (Wildman–Crippen MR) is 97.7 cm³/mol. The van der Waals surface area contributed by atoms with E-state index in [9.17, 15) is 15.3 Å². The molecule has 0 bridgehead atoms. The Bertz CT molecular complexity index is 462. The van der Waals surface area contributed by atoms with Gasteiger partial charge >= 0.3 is 0 Å². The van der Waals surface area contributed by atoms with Crippen LogP contribution in [0.3, 0.4) is 0 Å². The molecule has 0 amide bonds. The highest BCUT2D eigenvalue weighted by Crippen LogP contribution is 2.31. The van der Waals surface area contributed by atoms with Crippen molar-refractivity contribution >= 4 is 11.4 Å². The molecule has 1 fully saturated rings. The number of hydrogen-bond donors (Lipinski definition) is 5. The molecule has 0 spiro atoms. The smallest absolute Gasteiger partial charge is 0.140 e. The third-order valence-electron chi connectivity index (χ3n) is 3.61. The van der Waals surface area contributed by atoms with Crippen LogP contribution in [0, 0.1) is 0 Å². The molecule has 1 heterocycles. The van der Waals surface area contributed by atoms with E-state index in [0.717, 1.165) is 6.61 Å². The van der Waals surface area contributed by atoms with Crippen LogP contribution in [-0.2, 0) is 4.74 Å². The van der Waals surface area contributed by atoms with Crippen molar-refractivity contribution in [1.29, 1.82) is 0 Å². The number of nitrogens with one attached hydrogen (secondary N) is 2. The van der Waals surface area contributed by atoms with Gasteiger partial charge in [-0.2, -0.15) is 0 Å². The average molecular weight is 340 g/mol. The minimum atomic E-state index is -0.501. The van der Waals surface area contributed by atoms with Gasteiger partial charge in [0, 0.05) is 19.7 Å². The van der Waals surface area contributed by atoms with Gasteiger partial charge in [-0.25, -0.2) is 0 Å². The van der Waals surface area contributed by atoms with Crippen molar-refractivity contribution in [3.8, 4) is 5.75 Å².